The summed E-state index contributed by atoms with van der Waals surface area (Å²) in [6, 6.07) is 10.5. The van der Waals surface area contributed by atoms with Crippen molar-refractivity contribution in [1.29, 1.82) is 5.26 Å². The molecule has 4 rings (SSSR count). The van der Waals surface area contributed by atoms with Gasteiger partial charge in [0.2, 0.25) is 0 Å². The van der Waals surface area contributed by atoms with E-state index < -0.39 is 0 Å². The van der Waals surface area contributed by atoms with Crippen LogP contribution in [-0.2, 0) is 6.42 Å². The Morgan fingerprint density at radius 1 is 1.38 bits per heavy atom. The molecule has 0 saturated carbocycles. The highest BCUT2D eigenvalue weighted by Crippen LogP contribution is 2.47. The van der Waals surface area contributed by atoms with E-state index in [2.05, 4.69) is 42.3 Å². The molecular formula is C21H23N3OS. The summed E-state index contributed by atoms with van der Waals surface area (Å²) in [4.78, 5) is 6.65. The molecule has 2 aromatic rings. The summed E-state index contributed by atoms with van der Waals surface area (Å²) in [5.41, 5.74) is 4.87. The van der Waals surface area contributed by atoms with Crippen molar-refractivity contribution in [2.24, 2.45) is 0 Å². The number of hydrogen-bond acceptors (Lipinski definition) is 5. The van der Waals surface area contributed by atoms with E-state index in [1.54, 1.807) is 11.3 Å². The molecule has 3 atom stereocenters. The number of aromatic nitrogens is 1. The van der Waals surface area contributed by atoms with Gasteiger partial charge in [0, 0.05) is 11.3 Å². The summed E-state index contributed by atoms with van der Waals surface area (Å²) < 4.78 is 0. The van der Waals surface area contributed by atoms with Crippen LogP contribution >= 0.6 is 11.3 Å². The van der Waals surface area contributed by atoms with Gasteiger partial charge in [-0.3, -0.25) is 0 Å². The van der Waals surface area contributed by atoms with E-state index >= 15 is 0 Å². The number of anilines is 1. The van der Waals surface area contributed by atoms with Crippen LogP contribution in [0.3, 0.4) is 0 Å². The summed E-state index contributed by atoms with van der Waals surface area (Å²) in [7, 11) is 0. The van der Waals surface area contributed by atoms with E-state index in [4.69, 9.17) is 0 Å². The fourth-order valence-corrected chi connectivity index (χ4v) is 5.22. The molecular weight excluding hydrogens is 342 g/mol. The number of thiazole rings is 1. The van der Waals surface area contributed by atoms with Gasteiger partial charge in [-0.25, -0.2) is 4.98 Å². The lowest BCUT2D eigenvalue weighted by molar-refractivity contribution is 0.187. The van der Waals surface area contributed by atoms with Crippen molar-refractivity contribution in [3.63, 3.8) is 0 Å². The van der Waals surface area contributed by atoms with Crippen molar-refractivity contribution in [2.45, 2.75) is 50.6 Å². The molecule has 1 saturated heterocycles. The van der Waals surface area contributed by atoms with E-state index in [9.17, 15) is 10.4 Å². The van der Waals surface area contributed by atoms with Crippen LogP contribution in [-0.4, -0.2) is 28.8 Å². The Bertz CT molecular complexity index is 866. The lowest BCUT2D eigenvalue weighted by atomic mass is 9.73. The first-order chi connectivity index (χ1) is 12.8. The molecule has 134 valence electrons. The monoisotopic (exact) mass is 365 g/mol. The van der Waals surface area contributed by atoms with Crippen molar-refractivity contribution >= 4 is 22.0 Å². The molecule has 2 aliphatic rings. The number of aliphatic hydroxyl groups is 1. The highest BCUT2D eigenvalue weighted by Gasteiger charge is 2.51. The first-order valence-electron chi connectivity index (χ1n) is 9.30. The molecule has 4 nitrogen and oxygen atoms in total. The molecule has 1 aromatic heterocycles. The molecule has 5 heteroatoms. The van der Waals surface area contributed by atoms with Crippen LogP contribution in [0, 0.1) is 11.3 Å². The molecule has 1 aromatic carbocycles. The first kappa shape index (κ1) is 17.3. The molecule has 0 bridgehead atoms. The average Bonchev–Trinajstić information content (AvgIpc) is 3.34. The standard InChI is InChI=1S/C21H23N3OS/c1-2-15-13-26-21(23-15)24-18(11-22)20(19(24)12-25)17-10-6-5-9-16(17)14-7-3-4-8-14/h5-7,9-10,13,18-20,25H,2-4,8,12H2,1H3/t18-,19-,20+/m1/s1. The Morgan fingerprint density at radius 3 is 2.88 bits per heavy atom. The summed E-state index contributed by atoms with van der Waals surface area (Å²) in [6.45, 7) is 2.10. The van der Waals surface area contributed by atoms with Crippen molar-refractivity contribution in [1.82, 2.24) is 4.98 Å². The minimum absolute atomic E-state index is 0.0108. The maximum atomic E-state index is 10.1. The minimum Gasteiger partial charge on any atom is -0.394 e. The first-order valence-corrected chi connectivity index (χ1v) is 10.2. The Balaban J connectivity index is 1.70. The van der Waals surface area contributed by atoms with Gasteiger partial charge in [-0.2, -0.15) is 5.26 Å². The summed E-state index contributed by atoms with van der Waals surface area (Å²) in [5.74, 6) is 0.0108. The second kappa shape index (κ2) is 7.22. The fourth-order valence-electron chi connectivity index (χ4n) is 4.22. The van der Waals surface area contributed by atoms with Crippen LogP contribution in [0.4, 0.5) is 5.13 Å². The van der Waals surface area contributed by atoms with Crippen LogP contribution < -0.4 is 4.90 Å². The third-order valence-corrected chi connectivity index (χ3v) is 6.46. The number of nitriles is 1. The topological polar surface area (TPSA) is 60.2 Å². The van der Waals surface area contributed by atoms with E-state index in [0.717, 1.165) is 30.1 Å². The van der Waals surface area contributed by atoms with E-state index in [1.807, 2.05) is 16.3 Å². The number of hydrogen-bond donors (Lipinski definition) is 1. The zero-order chi connectivity index (χ0) is 18.1. The number of aliphatic hydroxyl groups excluding tert-OH is 1. The Kier molecular flexibility index (Phi) is 4.80. The lowest BCUT2D eigenvalue weighted by Gasteiger charge is -2.52. The van der Waals surface area contributed by atoms with Crippen molar-refractivity contribution in [3.05, 3.63) is 52.5 Å². The minimum atomic E-state index is -0.286. The number of nitrogens with zero attached hydrogens (tertiary/aromatic N) is 3. The van der Waals surface area contributed by atoms with Crippen LogP contribution in [0.5, 0.6) is 0 Å². The third kappa shape index (κ3) is 2.74. The van der Waals surface area contributed by atoms with Gasteiger partial charge in [0.15, 0.2) is 5.13 Å². The van der Waals surface area contributed by atoms with Crippen molar-refractivity contribution in [3.8, 4) is 6.07 Å². The number of benzene rings is 1. The molecule has 0 spiro atoms. The molecule has 1 aliphatic carbocycles. The largest absolute Gasteiger partial charge is 0.394 e. The van der Waals surface area contributed by atoms with Crippen LogP contribution in [0.15, 0.2) is 35.7 Å². The molecule has 0 radical (unpaired) electrons. The quantitative estimate of drug-likeness (QED) is 0.865. The van der Waals surface area contributed by atoms with E-state index in [1.165, 1.54) is 23.1 Å². The Morgan fingerprint density at radius 2 is 2.23 bits per heavy atom. The molecule has 1 N–H and O–H groups in total. The molecule has 0 unspecified atom stereocenters. The van der Waals surface area contributed by atoms with Crippen molar-refractivity contribution in [2.75, 3.05) is 11.5 Å². The summed E-state index contributed by atoms with van der Waals surface area (Å²) in [6.07, 6.45) is 6.63. The smallest absolute Gasteiger partial charge is 0.186 e. The lowest BCUT2D eigenvalue weighted by Crippen LogP contribution is -2.63. The van der Waals surface area contributed by atoms with Gasteiger partial charge in [0.05, 0.1) is 24.4 Å². The Labute approximate surface area is 158 Å². The summed E-state index contributed by atoms with van der Waals surface area (Å²) >= 11 is 1.56. The number of rotatable bonds is 5. The predicted octanol–water partition coefficient (Wildman–Crippen LogP) is 4.13. The van der Waals surface area contributed by atoms with Crippen molar-refractivity contribution < 1.29 is 5.11 Å². The van der Waals surface area contributed by atoms with Crippen LogP contribution in [0.1, 0.15) is 48.9 Å². The van der Waals surface area contributed by atoms with Gasteiger partial charge >= 0.3 is 0 Å². The number of aryl methyl sites for hydroxylation is 1. The van der Waals surface area contributed by atoms with Gasteiger partial charge in [0.25, 0.3) is 0 Å². The normalized spacial score (nSPS) is 24.9. The summed E-state index contributed by atoms with van der Waals surface area (Å²) in [5, 5.41) is 22.9. The zero-order valence-electron chi connectivity index (χ0n) is 14.9. The number of allylic oxidation sites excluding steroid dienone is 2. The highest BCUT2D eigenvalue weighted by molar-refractivity contribution is 7.13. The Hall–Kier alpha value is -2.16. The molecule has 0 amide bonds. The zero-order valence-corrected chi connectivity index (χ0v) is 15.7. The second-order valence-corrected chi connectivity index (χ2v) is 7.78. The van der Waals surface area contributed by atoms with Gasteiger partial charge in [-0.15, -0.1) is 11.3 Å². The predicted molar refractivity (Wildman–Crippen MR) is 105 cm³/mol. The fraction of sp³-hybridized carbons (Fsp3) is 0.429. The van der Waals surface area contributed by atoms with Gasteiger partial charge in [-0.05, 0) is 42.4 Å². The maximum Gasteiger partial charge on any atom is 0.186 e. The van der Waals surface area contributed by atoms with Gasteiger partial charge < -0.3 is 10.0 Å². The van der Waals surface area contributed by atoms with E-state index in [-0.39, 0.29) is 24.6 Å². The van der Waals surface area contributed by atoms with Crippen LogP contribution in [0.25, 0.3) is 5.57 Å². The molecule has 26 heavy (non-hydrogen) atoms. The van der Waals surface area contributed by atoms with Crippen LogP contribution in [0.2, 0.25) is 0 Å². The molecule has 2 heterocycles. The van der Waals surface area contributed by atoms with Gasteiger partial charge in [0.1, 0.15) is 6.04 Å². The highest BCUT2D eigenvalue weighted by atomic mass is 32.1. The SMILES string of the molecule is CCc1csc(N2[C@H](C#N)[C@H](c3ccccc3C3=CCCC3)[C@H]2CO)n1. The molecule has 1 fully saturated rings. The molecule has 1 aliphatic heterocycles. The third-order valence-electron chi connectivity index (χ3n) is 5.56. The van der Waals surface area contributed by atoms with Gasteiger partial charge in [-0.1, -0.05) is 37.3 Å². The second-order valence-electron chi connectivity index (χ2n) is 6.94. The maximum absolute atomic E-state index is 10.1. The average molecular weight is 366 g/mol. The van der Waals surface area contributed by atoms with E-state index in [0.29, 0.717) is 0 Å².